The summed E-state index contributed by atoms with van der Waals surface area (Å²) < 4.78 is 35.1. The van der Waals surface area contributed by atoms with Gasteiger partial charge in [-0.25, -0.2) is 14.4 Å². The van der Waals surface area contributed by atoms with Crippen molar-refractivity contribution in [2.45, 2.75) is 207 Å². The summed E-state index contributed by atoms with van der Waals surface area (Å²) in [7, 11) is 0. The van der Waals surface area contributed by atoms with Gasteiger partial charge in [0.2, 0.25) is 5.91 Å². The van der Waals surface area contributed by atoms with Crippen LogP contribution >= 0.6 is 0 Å². The van der Waals surface area contributed by atoms with Gasteiger partial charge >= 0.3 is 35.9 Å². The van der Waals surface area contributed by atoms with Gasteiger partial charge in [0.1, 0.15) is 23.3 Å². The average molecular weight is 893 g/mol. The fourth-order valence-corrected chi connectivity index (χ4v) is 8.56. The van der Waals surface area contributed by atoms with Crippen molar-refractivity contribution in [1.29, 1.82) is 0 Å². The molecule has 0 aromatic rings. The Balaban J connectivity index is 1.90. The number of alkyl carbamates (subject to hydrolysis) is 1. The summed E-state index contributed by atoms with van der Waals surface area (Å²) in [5.41, 5.74) is -7.30. The van der Waals surface area contributed by atoms with E-state index in [9.17, 15) is 43.8 Å². The number of hydrogen-bond acceptors (Lipinski definition) is 15. The molecule has 0 radical (unpaired) electrons. The van der Waals surface area contributed by atoms with Gasteiger partial charge in [-0.05, 0) is 91.7 Å². The number of rotatable bonds is 20. The van der Waals surface area contributed by atoms with Crippen LogP contribution in [0.3, 0.4) is 0 Å². The Labute approximate surface area is 371 Å². The van der Waals surface area contributed by atoms with Crippen molar-refractivity contribution in [3.05, 3.63) is 22.8 Å². The van der Waals surface area contributed by atoms with Crippen LogP contribution in [0.5, 0.6) is 0 Å². The van der Waals surface area contributed by atoms with Crippen molar-refractivity contribution >= 4 is 41.8 Å². The normalized spacial score (nSPS) is 28.5. The molecule has 1 saturated heterocycles. The summed E-state index contributed by atoms with van der Waals surface area (Å²) in [5.74, 6) is -6.00. The Hall–Kier alpha value is -4.51. The SMILES string of the molecule is C/C=C(/C)C(=O)O[C@H]1C(C)=C2[C@H]([C@@H]1OC(=O)CCCCCCC)[C@@](C)(OC(C)=O)C[C@H](OC(=O)CCCCCNC(=O)[C@@H](NC(=O)OC(C)(C)C)C(C)C)[C@@]1(O)[C@H]2OC(=O)[C@@]1(C)O. The quantitative estimate of drug-likeness (QED) is 0.0396. The minimum Gasteiger partial charge on any atom is -0.459 e. The molecule has 0 spiro atoms. The number of carbonyl (C=O) groups excluding carboxylic acids is 7. The predicted molar refractivity (Wildman–Crippen MR) is 228 cm³/mol. The van der Waals surface area contributed by atoms with E-state index >= 15 is 0 Å². The molecular formula is C46H72N2O15. The Morgan fingerprint density at radius 1 is 0.905 bits per heavy atom. The zero-order valence-corrected chi connectivity index (χ0v) is 39.3. The molecule has 356 valence electrons. The molecule has 4 N–H and O–H groups in total. The zero-order chi connectivity index (χ0) is 47.7. The molecular weight excluding hydrogens is 821 g/mol. The topological polar surface area (TPSA) is 239 Å². The summed E-state index contributed by atoms with van der Waals surface area (Å²) in [6, 6.07) is -0.838. The molecule has 17 heteroatoms. The van der Waals surface area contributed by atoms with Gasteiger partial charge in [-0.3, -0.25) is 19.2 Å². The fourth-order valence-electron chi connectivity index (χ4n) is 8.56. The molecule has 9 atom stereocenters. The second-order valence-corrected chi connectivity index (χ2v) is 18.8. The van der Waals surface area contributed by atoms with E-state index in [0.29, 0.717) is 19.3 Å². The molecule has 0 aromatic heterocycles. The number of allylic oxidation sites excluding steroid dienone is 1. The molecule has 3 aliphatic rings. The number of unbranched alkanes of at least 4 members (excludes halogenated alkanes) is 6. The van der Waals surface area contributed by atoms with Gasteiger partial charge in [0.15, 0.2) is 29.5 Å². The molecule has 63 heavy (non-hydrogen) atoms. The highest BCUT2D eigenvalue weighted by Gasteiger charge is 2.76. The third-order valence-electron chi connectivity index (χ3n) is 12.0. The van der Waals surface area contributed by atoms with Gasteiger partial charge in [-0.15, -0.1) is 0 Å². The van der Waals surface area contributed by atoms with Crippen molar-refractivity contribution < 1.29 is 72.2 Å². The van der Waals surface area contributed by atoms with Crippen molar-refractivity contribution in [2.75, 3.05) is 6.54 Å². The standard InChI is InChI=1S/C46H72N2O15/c1-13-15-16-17-19-23-32(51)59-37-34-33(28(6)36(37)60-40(53)27(5)14-2)38-46(57,45(12,56)41(54)61-38)30(25-44(34,11)62-29(7)49)58-31(50)22-20-18-21-24-47-39(52)35(26(3)4)48-42(55)63-43(8,9)10/h14,26,30,34-38,56-57H,13,15-25H2,1-12H3,(H,47,52)(H,48,55)/b27-14-/t30-,34+,35-,36-,37-,38-,44-,45+,46+/m0/s1. The summed E-state index contributed by atoms with van der Waals surface area (Å²) in [6.07, 6.45) is -0.472. The van der Waals surface area contributed by atoms with Crippen molar-refractivity contribution in [3.63, 3.8) is 0 Å². The maximum absolute atomic E-state index is 13.6. The first-order valence-corrected chi connectivity index (χ1v) is 22.3. The van der Waals surface area contributed by atoms with Crippen LogP contribution in [-0.4, -0.2) is 111 Å². The van der Waals surface area contributed by atoms with Gasteiger partial charge < -0.3 is 49.3 Å². The first-order chi connectivity index (χ1) is 29.2. The van der Waals surface area contributed by atoms with Gasteiger partial charge in [-0.2, -0.15) is 0 Å². The van der Waals surface area contributed by atoms with Gasteiger partial charge in [-0.1, -0.05) is 59.0 Å². The van der Waals surface area contributed by atoms with E-state index in [2.05, 4.69) is 17.6 Å². The number of esters is 5. The zero-order valence-electron chi connectivity index (χ0n) is 39.3. The van der Waals surface area contributed by atoms with Gasteiger partial charge in [0.05, 0.1) is 5.92 Å². The number of nitrogens with one attached hydrogen (secondary N) is 2. The Morgan fingerprint density at radius 3 is 2.05 bits per heavy atom. The van der Waals surface area contributed by atoms with E-state index in [0.717, 1.165) is 39.5 Å². The summed E-state index contributed by atoms with van der Waals surface area (Å²) >= 11 is 0. The van der Waals surface area contributed by atoms with Crippen LogP contribution in [0.4, 0.5) is 4.79 Å². The lowest BCUT2D eigenvalue weighted by Crippen LogP contribution is -2.64. The second-order valence-electron chi connectivity index (χ2n) is 18.8. The minimum atomic E-state index is -2.68. The Morgan fingerprint density at radius 2 is 1.49 bits per heavy atom. The van der Waals surface area contributed by atoms with Crippen molar-refractivity contribution in [1.82, 2.24) is 10.6 Å². The van der Waals surface area contributed by atoms with Crippen LogP contribution in [0, 0.1) is 11.8 Å². The first-order valence-electron chi connectivity index (χ1n) is 22.3. The number of aliphatic hydroxyl groups is 2. The highest BCUT2D eigenvalue weighted by Crippen LogP contribution is 2.57. The Bertz CT molecular complexity index is 1760. The molecule has 17 nitrogen and oxygen atoms in total. The van der Waals surface area contributed by atoms with Crippen LogP contribution in [0.1, 0.15) is 154 Å². The first kappa shape index (κ1) is 52.8. The van der Waals surface area contributed by atoms with E-state index < -0.39 is 107 Å². The monoisotopic (exact) mass is 892 g/mol. The largest absolute Gasteiger partial charge is 0.459 e. The molecule has 0 bridgehead atoms. The number of ether oxygens (including phenoxy) is 6. The van der Waals surface area contributed by atoms with Crippen molar-refractivity contribution in [2.24, 2.45) is 11.8 Å². The average Bonchev–Trinajstić information content (AvgIpc) is 3.50. The second kappa shape index (κ2) is 21.9. The third-order valence-corrected chi connectivity index (χ3v) is 12.0. The van der Waals surface area contributed by atoms with Crippen LogP contribution < -0.4 is 10.6 Å². The smallest absolute Gasteiger partial charge is 0.408 e. The highest BCUT2D eigenvalue weighted by molar-refractivity contribution is 5.88. The number of fused-ring (bicyclic) bond motifs is 3. The molecule has 1 heterocycles. The third kappa shape index (κ3) is 12.8. The highest BCUT2D eigenvalue weighted by atomic mass is 16.6. The molecule has 2 aliphatic carbocycles. The van der Waals surface area contributed by atoms with E-state index in [-0.39, 0.29) is 48.4 Å². The molecule has 0 aromatic carbocycles. The van der Waals surface area contributed by atoms with E-state index in [4.69, 9.17) is 28.4 Å². The number of amides is 2. The molecule has 1 aliphatic heterocycles. The predicted octanol–water partition coefficient (Wildman–Crippen LogP) is 5.35. The molecule has 3 rings (SSSR count). The van der Waals surface area contributed by atoms with Crippen LogP contribution in [-0.2, 0) is 57.2 Å². The van der Waals surface area contributed by atoms with Gasteiger partial charge in [0, 0.05) is 38.3 Å². The molecule has 2 fully saturated rings. The van der Waals surface area contributed by atoms with E-state index in [1.165, 1.54) is 6.92 Å². The van der Waals surface area contributed by atoms with Crippen LogP contribution in [0.2, 0.25) is 0 Å². The molecule has 2 amide bonds. The van der Waals surface area contributed by atoms with E-state index in [1.54, 1.807) is 61.5 Å². The summed E-state index contributed by atoms with van der Waals surface area (Å²) in [4.78, 5) is 92.1. The van der Waals surface area contributed by atoms with Crippen LogP contribution in [0.25, 0.3) is 0 Å². The lowest BCUT2D eigenvalue weighted by Gasteiger charge is -2.41. The lowest BCUT2D eigenvalue weighted by atomic mass is 9.75. The minimum absolute atomic E-state index is 0.0353. The number of carbonyl (C=O) groups is 7. The van der Waals surface area contributed by atoms with Crippen molar-refractivity contribution in [3.8, 4) is 0 Å². The fraction of sp³-hybridized carbons (Fsp3) is 0.761. The lowest BCUT2D eigenvalue weighted by molar-refractivity contribution is -0.212. The van der Waals surface area contributed by atoms with Crippen LogP contribution in [0.15, 0.2) is 22.8 Å². The maximum atomic E-state index is 13.6. The molecule has 0 unspecified atom stereocenters. The maximum Gasteiger partial charge on any atom is 0.408 e. The summed E-state index contributed by atoms with van der Waals surface area (Å²) in [6.45, 7) is 19.5. The Kier molecular flexibility index (Phi) is 18.4. The van der Waals surface area contributed by atoms with E-state index in [1.807, 2.05) is 0 Å². The summed E-state index contributed by atoms with van der Waals surface area (Å²) in [5, 5.41) is 29.9. The van der Waals surface area contributed by atoms with Gasteiger partial charge in [0.25, 0.3) is 0 Å². The number of hydrogen-bond donors (Lipinski definition) is 4. The molecule has 1 saturated carbocycles.